The third-order valence-electron chi connectivity index (χ3n) is 4.61. The zero-order valence-electron chi connectivity index (χ0n) is 16.3. The molecule has 0 heterocycles. The van der Waals surface area contributed by atoms with E-state index in [0.717, 1.165) is 57.3 Å². The predicted molar refractivity (Wildman–Crippen MR) is 105 cm³/mol. The zero-order valence-corrected chi connectivity index (χ0v) is 16.3. The van der Waals surface area contributed by atoms with Gasteiger partial charge in [0.15, 0.2) is 0 Å². The van der Waals surface area contributed by atoms with E-state index in [4.69, 9.17) is 0 Å². The van der Waals surface area contributed by atoms with Crippen molar-refractivity contribution >= 4 is 17.5 Å². The summed E-state index contributed by atoms with van der Waals surface area (Å²) < 4.78 is 0. The lowest BCUT2D eigenvalue weighted by Gasteiger charge is -2.22. The molecule has 0 bridgehead atoms. The Balaban J connectivity index is 2.75. The van der Waals surface area contributed by atoms with Crippen molar-refractivity contribution in [1.29, 1.82) is 0 Å². The van der Waals surface area contributed by atoms with E-state index in [2.05, 4.69) is 19.2 Å². The number of carbonyl (C=O) groups is 2. The fraction of sp³-hybridized carbons (Fsp3) is 0.619. The number of unbranched alkanes of at least 4 members (excludes halogenated alkanes) is 2. The fourth-order valence-corrected chi connectivity index (χ4v) is 2.80. The second-order valence-electron chi connectivity index (χ2n) is 6.58. The van der Waals surface area contributed by atoms with Crippen molar-refractivity contribution < 1.29 is 9.59 Å². The standard InChI is InChI=1S/C21H34N2O2/c1-5-9-15-23(16-10-6-2)21(25)18-11-13-19(14-12-18)22-20(24)17(7-3)8-4/h11-14,17H,5-10,15-16H2,1-4H3,(H,22,24). The lowest BCUT2D eigenvalue weighted by molar-refractivity contribution is -0.120. The average Bonchev–Trinajstić information content (AvgIpc) is 2.63. The molecule has 1 aromatic carbocycles. The van der Waals surface area contributed by atoms with Gasteiger partial charge in [0.1, 0.15) is 0 Å². The van der Waals surface area contributed by atoms with Crippen molar-refractivity contribution in [2.24, 2.45) is 5.92 Å². The Morgan fingerprint density at radius 1 is 0.920 bits per heavy atom. The topological polar surface area (TPSA) is 49.4 Å². The Bertz CT molecular complexity index is 513. The van der Waals surface area contributed by atoms with Crippen molar-refractivity contribution in [2.45, 2.75) is 66.2 Å². The van der Waals surface area contributed by atoms with Crippen LogP contribution in [0.25, 0.3) is 0 Å². The highest BCUT2D eigenvalue weighted by Gasteiger charge is 2.16. The normalized spacial score (nSPS) is 10.8. The van der Waals surface area contributed by atoms with E-state index in [9.17, 15) is 9.59 Å². The van der Waals surface area contributed by atoms with Crippen LogP contribution in [0.2, 0.25) is 0 Å². The summed E-state index contributed by atoms with van der Waals surface area (Å²) in [5.74, 6) is 0.177. The van der Waals surface area contributed by atoms with E-state index in [1.807, 2.05) is 43.0 Å². The average molecular weight is 347 g/mol. The minimum absolute atomic E-state index is 0.0416. The monoisotopic (exact) mass is 346 g/mol. The Labute approximate surface area is 153 Å². The maximum atomic E-state index is 12.7. The van der Waals surface area contributed by atoms with Crippen molar-refractivity contribution in [2.75, 3.05) is 18.4 Å². The van der Waals surface area contributed by atoms with Crippen molar-refractivity contribution in [3.8, 4) is 0 Å². The van der Waals surface area contributed by atoms with Crippen LogP contribution in [0, 0.1) is 5.92 Å². The lowest BCUT2D eigenvalue weighted by atomic mass is 10.0. The fourth-order valence-electron chi connectivity index (χ4n) is 2.80. The van der Waals surface area contributed by atoms with Gasteiger partial charge in [0.25, 0.3) is 5.91 Å². The Morgan fingerprint density at radius 3 is 1.88 bits per heavy atom. The summed E-state index contributed by atoms with van der Waals surface area (Å²) in [5, 5.41) is 2.94. The first-order valence-corrected chi connectivity index (χ1v) is 9.77. The van der Waals surface area contributed by atoms with Gasteiger partial charge in [-0.15, -0.1) is 0 Å². The molecule has 1 rings (SSSR count). The zero-order chi connectivity index (χ0) is 18.7. The molecule has 0 aliphatic carbocycles. The second-order valence-corrected chi connectivity index (χ2v) is 6.58. The smallest absolute Gasteiger partial charge is 0.253 e. The molecule has 0 atom stereocenters. The van der Waals surface area contributed by atoms with Crippen LogP contribution in [0.3, 0.4) is 0 Å². The van der Waals surface area contributed by atoms with Gasteiger partial charge in [0.2, 0.25) is 5.91 Å². The molecule has 0 aliphatic heterocycles. The maximum Gasteiger partial charge on any atom is 0.253 e. The molecule has 0 saturated heterocycles. The summed E-state index contributed by atoms with van der Waals surface area (Å²) in [6.45, 7) is 9.94. The third kappa shape index (κ3) is 6.89. The van der Waals surface area contributed by atoms with Crippen LogP contribution in [-0.4, -0.2) is 29.8 Å². The summed E-state index contributed by atoms with van der Waals surface area (Å²) in [4.78, 5) is 26.8. The Hall–Kier alpha value is -1.84. The van der Waals surface area contributed by atoms with Gasteiger partial charge in [-0.25, -0.2) is 0 Å². The number of nitrogens with one attached hydrogen (secondary N) is 1. The van der Waals surface area contributed by atoms with E-state index in [0.29, 0.717) is 5.56 Å². The molecular formula is C21H34N2O2. The summed E-state index contributed by atoms with van der Waals surface area (Å²) in [5.41, 5.74) is 1.44. The highest BCUT2D eigenvalue weighted by atomic mass is 16.2. The number of hydrogen-bond acceptors (Lipinski definition) is 2. The Morgan fingerprint density at radius 2 is 1.44 bits per heavy atom. The van der Waals surface area contributed by atoms with E-state index in [1.165, 1.54) is 0 Å². The minimum Gasteiger partial charge on any atom is -0.339 e. The van der Waals surface area contributed by atoms with Gasteiger partial charge in [-0.1, -0.05) is 40.5 Å². The molecule has 4 heteroatoms. The molecule has 0 unspecified atom stereocenters. The number of hydrogen-bond donors (Lipinski definition) is 1. The molecule has 0 saturated carbocycles. The number of carbonyl (C=O) groups excluding carboxylic acids is 2. The highest BCUT2D eigenvalue weighted by Crippen LogP contribution is 2.16. The van der Waals surface area contributed by atoms with Crippen molar-refractivity contribution in [3.05, 3.63) is 29.8 Å². The molecule has 0 spiro atoms. The van der Waals surface area contributed by atoms with E-state index in [-0.39, 0.29) is 17.7 Å². The maximum absolute atomic E-state index is 12.7. The van der Waals surface area contributed by atoms with Crippen LogP contribution in [0.4, 0.5) is 5.69 Å². The quantitative estimate of drug-likeness (QED) is 0.606. The molecule has 1 N–H and O–H groups in total. The Kier molecular flexibility index (Phi) is 9.90. The summed E-state index contributed by atoms with van der Waals surface area (Å²) in [7, 11) is 0. The van der Waals surface area contributed by atoms with Gasteiger partial charge in [0, 0.05) is 30.3 Å². The highest BCUT2D eigenvalue weighted by molar-refractivity contribution is 5.96. The van der Waals surface area contributed by atoms with Crippen LogP contribution in [0.1, 0.15) is 76.6 Å². The molecule has 4 nitrogen and oxygen atoms in total. The summed E-state index contributed by atoms with van der Waals surface area (Å²) in [6.07, 6.45) is 5.89. The molecular weight excluding hydrogens is 312 g/mol. The van der Waals surface area contributed by atoms with Crippen molar-refractivity contribution in [1.82, 2.24) is 4.90 Å². The molecule has 0 radical (unpaired) electrons. The first kappa shape index (κ1) is 21.2. The van der Waals surface area contributed by atoms with Gasteiger partial charge in [-0.3, -0.25) is 9.59 Å². The summed E-state index contributed by atoms with van der Waals surface area (Å²) in [6, 6.07) is 7.28. The van der Waals surface area contributed by atoms with Gasteiger partial charge in [-0.05, 0) is 49.9 Å². The van der Waals surface area contributed by atoms with E-state index < -0.39 is 0 Å². The number of amides is 2. The van der Waals surface area contributed by atoms with Crippen LogP contribution in [0.15, 0.2) is 24.3 Å². The van der Waals surface area contributed by atoms with Gasteiger partial charge in [0.05, 0.1) is 0 Å². The first-order valence-electron chi connectivity index (χ1n) is 9.77. The molecule has 1 aromatic rings. The van der Waals surface area contributed by atoms with Gasteiger partial charge < -0.3 is 10.2 Å². The van der Waals surface area contributed by atoms with Crippen LogP contribution in [-0.2, 0) is 4.79 Å². The van der Waals surface area contributed by atoms with Gasteiger partial charge >= 0.3 is 0 Å². The second kappa shape index (κ2) is 11.7. The largest absolute Gasteiger partial charge is 0.339 e. The molecule has 140 valence electrons. The third-order valence-corrected chi connectivity index (χ3v) is 4.61. The summed E-state index contributed by atoms with van der Waals surface area (Å²) >= 11 is 0. The molecule has 0 aromatic heterocycles. The number of benzene rings is 1. The predicted octanol–water partition coefficient (Wildman–Crippen LogP) is 5.10. The van der Waals surface area contributed by atoms with Crippen LogP contribution < -0.4 is 5.32 Å². The molecule has 25 heavy (non-hydrogen) atoms. The van der Waals surface area contributed by atoms with Crippen LogP contribution in [0.5, 0.6) is 0 Å². The minimum atomic E-state index is 0.0416. The molecule has 0 aliphatic rings. The van der Waals surface area contributed by atoms with E-state index in [1.54, 1.807) is 0 Å². The molecule has 0 fully saturated rings. The number of rotatable bonds is 11. The number of anilines is 1. The van der Waals surface area contributed by atoms with Crippen LogP contribution >= 0.6 is 0 Å². The first-order chi connectivity index (χ1) is 12.1. The molecule has 2 amide bonds. The van der Waals surface area contributed by atoms with Crippen molar-refractivity contribution in [3.63, 3.8) is 0 Å². The van der Waals surface area contributed by atoms with E-state index >= 15 is 0 Å². The SMILES string of the molecule is CCCCN(CCCC)C(=O)c1ccc(NC(=O)C(CC)CC)cc1. The number of nitrogens with zero attached hydrogens (tertiary/aromatic N) is 1. The van der Waals surface area contributed by atoms with Gasteiger partial charge in [-0.2, -0.15) is 0 Å². The lowest BCUT2D eigenvalue weighted by Crippen LogP contribution is -2.33.